The molecule has 1 amide bonds. The largest absolute Gasteiger partial charge is 0.478 e. The van der Waals surface area contributed by atoms with Crippen LogP contribution >= 0.6 is 0 Å². The third-order valence-electron chi connectivity index (χ3n) is 5.68. The van der Waals surface area contributed by atoms with Gasteiger partial charge in [-0.15, -0.1) is 0 Å². The molecule has 2 aliphatic rings. The Kier molecular flexibility index (Phi) is 6.89. The Bertz CT molecular complexity index is 920. The third-order valence-corrected chi connectivity index (χ3v) is 5.68. The van der Waals surface area contributed by atoms with Crippen LogP contribution < -0.4 is 5.32 Å². The van der Waals surface area contributed by atoms with Crippen LogP contribution in [0.1, 0.15) is 43.0 Å². The maximum absolute atomic E-state index is 12.6. The second kappa shape index (κ2) is 9.58. The molecule has 0 spiro atoms. The minimum absolute atomic E-state index is 0.00472. The first kappa shape index (κ1) is 21.6. The van der Waals surface area contributed by atoms with Crippen LogP contribution in [0.2, 0.25) is 0 Å². The highest BCUT2D eigenvalue weighted by atomic mass is 16.4. The number of hydrogen-bond donors (Lipinski definition) is 3. The van der Waals surface area contributed by atoms with E-state index in [-0.39, 0.29) is 11.9 Å². The quantitative estimate of drug-likeness (QED) is 0.644. The second-order valence-electron chi connectivity index (χ2n) is 7.51. The molecule has 4 rings (SSSR count). The van der Waals surface area contributed by atoms with Gasteiger partial charge in [0.15, 0.2) is 0 Å². The average Bonchev–Trinajstić information content (AvgIpc) is 3.28. The van der Waals surface area contributed by atoms with Crippen molar-refractivity contribution in [3.8, 4) is 0 Å². The first-order chi connectivity index (χ1) is 14.4. The monoisotopic (exact) mass is 414 g/mol. The van der Waals surface area contributed by atoms with E-state index >= 15 is 0 Å². The standard InChI is InChI=1S/C18H22N2O2.C4H4O4/c1-2-20-14-6-7-15(20)11-13(10-14)19-18(21)16-5-3-4-12-8-9-22-17(12)16;5-3(6)1-2-4(7)8/h3-5,8-9,13-15H,2,6-7,10-11H2,1H3,(H,19,21);1-2H,(H,5,6)(H,7,8)/b;2-1-. The molecule has 2 saturated heterocycles. The lowest BCUT2D eigenvalue weighted by Gasteiger charge is -2.38. The van der Waals surface area contributed by atoms with Gasteiger partial charge in [-0.25, -0.2) is 9.59 Å². The fourth-order valence-corrected chi connectivity index (χ4v) is 4.49. The molecule has 2 aromatic rings. The van der Waals surface area contributed by atoms with E-state index in [1.165, 1.54) is 12.8 Å². The van der Waals surface area contributed by atoms with E-state index in [1.807, 2.05) is 24.3 Å². The number of benzene rings is 1. The van der Waals surface area contributed by atoms with Crippen molar-refractivity contribution in [3.63, 3.8) is 0 Å². The number of amides is 1. The van der Waals surface area contributed by atoms with Crippen LogP contribution in [0.4, 0.5) is 0 Å². The van der Waals surface area contributed by atoms with Crippen LogP contribution in [0.5, 0.6) is 0 Å². The molecule has 0 radical (unpaired) electrons. The van der Waals surface area contributed by atoms with Gasteiger partial charge in [0.05, 0.1) is 11.8 Å². The first-order valence-corrected chi connectivity index (χ1v) is 10.1. The number of aliphatic carboxylic acids is 2. The first-order valence-electron chi connectivity index (χ1n) is 10.1. The maximum atomic E-state index is 12.6. The molecule has 2 aliphatic heterocycles. The van der Waals surface area contributed by atoms with E-state index in [0.29, 0.717) is 35.4 Å². The molecule has 1 aromatic carbocycles. The molecule has 160 valence electrons. The lowest BCUT2D eigenvalue weighted by Crippen LogP contribution is -2.50. The molecule has 3 heterocycles. The number of nitrogens with zero attached hydrogens (tertiary/aromatic N) is 1. The number of carbonyl (C=O) groups is 3. The number of fused-ring (bicyclic) bond motifs is 3. The van der Waals surface area contributed by atoms with Crippen molar-refractivity contribution in [2.45, 2.75) is 50.7 Å². The zero-order chi connectivity index (χ0) is 21.7. The van der Waals surface area contributed by atoms with Crippen LogP contribution in [-0.2, 0) is 9.59 Å². The van der Waals surface area contributed by atoms with Gasteiger partial charge in [0.2, 0.25) is 0 Å². The van der Waals surface area contributed by atoms with Crippen molar-refractivity contribution >= 4 is 28.8 Å². The lowest BCUT2D eigenvalue weighted by molar-refractivity contribution is -0.134. The predicted molar refractivity (Wildman–Crippen MR) is 110 cm³/mol. The normalized spacial score (nSPS) is 23.2. The maximum Gasteiger partial charge on any atom is 0.328 e. The van der Waals surface area contributed by atoms with E-state index < -0.39 is 11.9 Å². The number of rotatable bonds is 5. The van der Waals surface area contributed by atoms with Gasteiger partial charge in [-0.2, -0.15) is 0 Å². The fourth-order valence-electron chi connectivity index (χ4n) is 4.49. The van der Waals surface area contributed by atoms with Crippen LogP contribution in [0.15, 0.2) is 47.1 Å². The van der Waals surface area contributed by atoms with Crippen LogP contribution in [0.25, 0.3) is 11.0 Å². The number of furan rings is 1. The van der Waals surface area contributed by atoms with Crippen LogP contribution in [-0.4, -0.2) is 57.6 Å². The molecule has 1 aromatic heterocycles. The van der Waals surface area contributed by atoms with Gasteiger partial charge in [-0.3, -0.25) is 9.69 Å². The SMILES string of the molecule is CCN1C2CCC1CC(NC(=O)c1cccc3ccoc13)C2.O=C(O)/C=C\C(=O)O. The number of piperidine rings is 1. The molecule has 0 aliphatic carbocycles. The van der Waals surface area contributed by atoms with Gasteiger partial charge in [0.1, 0.15) is 5.58 Å². The van der Waals surface area contributed by atoms with E-state index in [0.717, 1.165) is 24.8 Å². The molecule has 8 nitrogen and oxygen atoms in total. The van der Waals surface area contributed by atoms with E-state index in [2.05, 4.69) is 17.1 Å². The summed E-state index contributed by atoms with van der Waals surface area (Å²) in [4.78, 5) is 34.3. The molecule has 2 bridgehead atoms. The Balaban J connectivity index is 0.000000275. The number of carboxylic acid groups (broad SMARTS) is 2. The summed E-state index contributed by atoms with van der Waals surface area (Å²) in [5.74, 6) is -2.52. The van der Waals surface area contributed by atoms with E-state index in [1.54, 1.807) is 6.26 Å². The summed E-state index contributed by atoms with van der Waals surface area (Å²) in [6.45, 7) is 3.36. The van der Waals surface area contributed by atoms with Crippen molar-refractivity contribution in [2.75, 3.05) is 6.54 Å². The Labute approximate surface area is 174 Å². The van der Waals surface area contributed by atoms with Gasteiger partial charge in [0.25, 0.3) is 5.91 Å². The minimum atomic E-state index is -1.26. The lowest BCUT2D eigenvalue weighted by atomic mass is 9.97. The Morgan fingerprint density at radius 2 is 1.73 bits per heavy atom. The van der Waals surface area contributed by atoms with Crippen molar-refractivity contribution in [1.82, 2.24) is 10.2 Å². The number of carbonyl (C=O) groups excluding carboxylic acids is 1. The number of hydrogen-bond acceptors (Lipinski definition) is 5. The zero-order valence-corrected chi connectivity index (χ0v) is 16.8. The van der Waals surface area contributed by atoms with Gasteiger partial charge >= 0.3 is 11.9 Å². The van der Waals surface area contributed by atoms with Crippen LogP contribution in [0.3, 0.4) is 0 Å². The van der Waals surface area contributed by atoms with Crippen molar-refractivity contribution in [1.29, 1.82) is 0 Å². The Hall–Kier alpha value is -3.13. The topological polar surface area (TPSA) is 120 Å². The van der Waals surface area contributed by atoms with Gasteiger partial charge < -0.3 is 19.9 Å². The van der Waals surface area contributed by atoms with E-state index in [9.17, 15) is 14.4 Å². The summed E-state index contributed by atoms with van der Waals surface area (Å²) in [6, 6.07) is 9.20. The molecule has 0 saturated carbocycles. The average molecular weight is 414 g/mol. The summed E-state index contributed by atoms with van der Waals surface area (Å²) in [7, 11) is 0. The molecule has 3 N–H and O–H groups in total. The summed E-state index contributed by atoms with van der Waals surface area (Å²) < 4.78 is 5.48. The molecule has 2 atom stereocenters. The van der Waals surface area contributed by atoms with Crippen LogP contribution in [0, 0.1) is 0 Å². The van der Waals surface area contributed by atoms with Gasteiger partial charge in [-0.05, 0) is 44.4 Å². The van der Waals surface area contributed by atoms with Crippen molar-refractivity contribution in [3.05, 3.63) is 48.2 Å². The highest BCUT2D eigenvalue weighted by molar-refractivity contribution is 6.04. The van der Waals surface area contributed by atoms with E-state index in [4.69, 9.17) is 14.6 Å². The molecule has 2 unspecified atom stereocenters. The molecular formula is C22H26N2O6. The number of nitrogens with one attached hydrogen (secondary N) is 1. The Morgan fingerprint density at radius 1 is 1.10 bits per heavy atom. The fraction of sp³-hybridized carbons (Fsp3) is 0.409. The summed E-state index contributed by atoms with van der Waals surface area (Å²) >= 11 is 0. The highest BCUT2D eigenvalue weighted by Gasteiger charge is 2.40. The van der Waals surface area contributed by atoms with Crippen molar-refractivity contribution < 1.29 is 29.0 Å². The molecule has 30 heavy (non-hydrogen) atoms. The number of para-hydroxylation sites is 1. The predicted octanol–water partition coefficient (Wildman–Crippen LogP) is 2.89. The summed E-state index contributed by atoms with van der Waals surface area (Å²) in [5.41, 5.74) is 1.33. The zero-order valence-electron chi connectivity index (χ0n) is 16.8. The Morgan fingerprint density at radius 3 is 2.30 bits per heavy atom. The molecule has 2 fully saturated rings. The number of carboxylic acids is 2. The van der Waals surface area contributed by atoms with Gasteiger partial charge in [-0.1, -0.05) is 19.1 Å². The highest BCUT2D eigenvalue weighted by Crippen LogP contribution is 2.35. The summed E-state index contributed by atoms with van der Waals surface area (Å²) in [6.07, 6.45) is 7.46. The third kappa shape index (κ3) is 5.07. The molecule has 8 heteroatoms. The smallest absolute Gasteiger partial charge is 0.328 e. The second-order valence-corrected chi connectivity index (χ2v) is 7.51. The van der Waals surface area contributed by atoms with Crippen molar-refractivity contribution in [2.24, 2.45) is 0 Å². The summed E-state index contributed by atoms with van der Waals surface area (Å²) in [5, 5.41) is 19.8. The minimum Gasteiger partial charge on any atom is -0.478 e. The van der Waals surface area contributed by atoms with Gasteiger partial charge in [0, 0.05) is 35.7 Å². The molecular weight excluding hydrogens is 388 g/mol.